The number of nitrogens with zero attached hydrogens (tertiary/aromatic N) is 4. The molecule has 0 spiro atoms. The van der Waals surface area contributed by atoms with E-state index in [0.29, 0.717) is 28.6 Å². The maximum absolute atomic E-state index is 15.6. The number of aryl methyl sites for hydroxylation is 2. The summed E-state index contributed by atoms with van der Waals surface area (Å²) in [7, 11) is 0. The van der Waals surface area contributed by atoms with Gasteiger partial charge in [0.1, 0.15) is 0 Å². The Morgan fingerprint density at radius 1 is 0.373 bits per heavy atom. The number of rotatable bonds is 7. The lowest BCUT2D eigenvalue weighted by molar-refractivity contribution is 0.511. The van der Waals surface area contributed by atoms with E-state index in [1.807, 2.05) is 78.9 Å². The first-order valence-corrected chi connectivity index (χ1v) is 19.6. The highest BCUT2D eigenvalue weighted by molar-refractivity contribution is 6.12. The second-order valence-corrected chi connectivity index (χ2v) is 14.9. The molecule has 282 valence electrons. The van der Waals surface area contributed by atoms with Crippen LogP contribution >= 0.6 is 0 Å². The van der Waals surface area contributed by atoms with Crippen molar-refractivity contribution in [2.45, 2.75) is 13.8 Å². The topological polar surface area (TPSA) is 43.6 Å². The molecular weight excluding hydrogens is 731 g/mol. The number of hydrogen-bond donors (Lipinski definition) is 0. The largest absolute Gasteiger partial charge is 0.308 e. The molecule has 0 bridgehead atoms. The van der Waals surface area contributed by atoms with Gasteiger partial charge in [0.15, 0.2) is 29.1 Å². The van der Waals surface area contributed by atoms with E-state index in [2.05, 4.69) is 103 Å². The second kappa shape index (κ2) is 14.7. The van der Waals surface area contributed by atoms with E-state index >= 15 is 4.39 Å². The fourth-order valence-corrected chi connectivity index (χ4v) is 8.02. The number of benzene rings is 8. The van der Waals surface area contributed by atoms with Gasteiger partial charge in [-0.15, -0.1) is 0 Å². The van der Waals surface area contributed by atoms with Gasteiger partial charge in [0.2, 0.25) is 0 Å². The minimum absolute atomic E-state index is 0.145. The van der Waals surface area contributed by atoms with Crippen molar-refractivity contribution in [2.24, 2.45) is 0 Å². The molecular formula is C53H36F2N4. The highest BCUT2D eigenvalue weighted by Crippen LogP contribution is 2.41. The summed E-state index contributed by atoms with van der Waals surface area (Å²) in [5.41, 5.74) is 12.5. The standard InChI is InChI=1S/C53H36F2N4/c1-33-12-9-18-37(28-33)39-22-25-47-43(30-39)44-31-40(38-19-10-13-34(2)29-38)23-26-48(44)59(47)49-27-24-41(42-20-11-21-46(54)50(42)55)32-45(49)53-57-51(35-14-5-3-6-15-35)56-52(58-53)36-16-7-4-8-17-36/h3-32H,1-2H3. The molecule has 10 aromatic rings. The molecule has 2 heterocycles. The lowest BCUT2D eigenvalue weighted by Crippen LogP contribution is -2.04. The highest BCUT2D eigenvalue weighted by atomic mass is 19.2. The maximum atomic E-state index is 15.6. The van der Waals surface area contributed by atoms with Crippen molar-refractivity contribution in [2.75, 3.05) is 0 Å². The predicted molar refractivity (Wildman–Crippen MR) is 236 cm³/mol. The van der Waals surface area contributed by atoms with E-state index in [0.717, 1.165) is 66.9 Å². The molecule has 0 saturated carbocycles. The van der Waals surface area contributed by atoms with Crippen molar-refractivity contribution in [1.29, 1.82) is 0 Å². The normalized spacial score (nSPS) is 11.4. The van der Waals surface area contributed by atoms with Gasteiger partial charge in [0.25, 0.3) is 0 Å². The molecule has 0 radical (unpaired) electrons. The van der Waals surface area contributed by atoms with Crippen LogP contribution in [0.5, 0.6) is 0 Å². The van der Waals surface area contributed by atoms with Crippen LogP contribution in [-0.4, -0.2) is 19.5 Å². The van der Waals surface area contributed by atoms with Crippen molar-refractivity contribution in [3.63, 3.8) is 0 Å². The average molecular weight is 767 g/mol. The van der Waals surface area contributed by atoms with Crippen molar-refractivity contribution >= 4 is 21.8 Å². The van der Waals surface area contributed by atoms with Crippen LogP contribution < -0.4 is 0 Å². The first-order chi connectivity index (χ1) is 28.9. The van der Waals surface area contributed by atoms with Crippen LogP contribution in [0.3, 0.4) is 0 Å². The van der Waals surface area contributed by atoms with Crippen molar-refractivity contribution < 1.29 is 8.78 Å². The van der Waals surface area contributed by atoms with Gasteiger partial charge < -0.3 is 4.57 Å². The quantitative estimate of drug-likeness (QED) is 0.162. The molecule has 0 atom stereocenters. The van der Waals surface area contributed by atoms with E-state index in [9.17, 15) is 4.39 Å². The average Bonchev–Trinajstić information content (AvgIpc) is 3.60. The van der Waals surface area contributed by atoms with Crippen LogP contribution in [0, 0.1) is 25.5 Å². The Morgan fingerprint density at radius 2 is 0.847 bits per heavy atom. The lowest BCUT2D eigenvalue weighted by Gasteiger charge is -2.17. The Hall–Kier alpha value is -7.57. The Labute approximate surface area is 340 Å². The zero-order valence-electron chi connectivity index (χ0n) is 32.4. The van der Waals surface area contributed by atoms with E-state index in [-0.39, 0.29) is 5.56 Å². The molecule has 2 aromatic heterocycles. The summed E-state index contributed by atoms with van der Waals surface area (Å²) in [5, 5.41) is 2.15. The monoisotopic (exact) mass is 766 g/mol. The van der Waals surface area contributed by atoms with Gasteiger partial charge in [-0.05, 0) is 84.1 Å². The summed E-state index contributed by atoms with van der Waals surface area (Å²) >= 11 is 0. The van der Waals surface area contributed by atoms with E-state index in [1.165, 1.54) is 17.2 Å². The van der Waals surface area contributed by atoms with Gasteiger partial charge in [-0.2, -0.15) is 0 Å². The van der Waals surface area contributed by atoms with Crippen LogP contribution in [0.25, 0.3) is 95.0 Å². The molecule has 59 heavy (non-hydrogen) atoms. The Kier molecular flexibility index (Phi) is 8.95. The SMILES string of the molecule is Cc1cccc(-c2ccc3c(c2)c2cc(-c4cccc(C)c4)ccc2n3-c2ccc(-c3cccc(F)c3F)cc2-c2nc(-c3ccccc3)nc(-c3ccccc3)n2)c1. The zero-order chi connectivity index (χ0) is 40.0. The van der Waals surface area contributed by atoms with Crippen molar-refractivity contribution in [3.8, 4) is 73.2 Å². The first-order valence-electron chi connectivity index (χ1n) is 19.6. The van der Waals surface area contributed by atoms with Gasteiger partial charge in [-0.1, -0.05) is 151 Å². The second-order valence-electron chi connectivity index (χ2n) is 14.9. The maximum Gasteiger partial charge on any atom is 0.166 e. The highest BCUT2D eigenvalue weighted by Gasteiger charge is 2.22. The van der Waals surface area contributed by atoms with Gasteiger partial charge in [0, 0.05) is 33.0 Å². The van der Waals surface area contributed by atoms with Crippen LogP contribution in [0.1, 0.15) is 11.1 Å². The minimum Gasteiger partial charge on any atom is -0.308 e. The van der Waals surface area contributed by atoms with Gasteiger partial charge in [0.05, 0.1) is 16.7 Å². The van der Waals surface area contributed by atoms with Crippen LogP contribution in [0.2, 0.25) is 0 Å². The minimum atomic E-state index is -0.916. The van der Waals surface area contributed by atoms with Gasteiger partial charge >= 0.3 is 0 Å². The van der Waals surface area contributed by atoms with Crippen LogP contribution in [0.4, 0.5) is 8.78 Å². The van der Waals surface area contributed by atoms with Crippen molar-refractivity contribution in [1.82, 2.24) is 19.5 Å². The summed E-state index contributed by atoms with van der Waals surface area (Å²) in [5.74, 6) is -0.441. The van der Waals surface area contributed by atoms with Gasteiger partial charge in [-0.3, -0.25) is 0 Å². The van der Waals surface area contributed by atoms with Crippen molar-refractivity contribution in [3.05, 3.63) is 205 Å². The predicted octanol–water partition coefficient (Wildman–Crippen LogP) is 13.9. The first kappa shape index (κ1) is 35.8. The smallest absolute Gasteiger partial charge is 0.166 e. The van der Waals surface area contributed by atoms with Crippen LogP contribution in [-0.2, 0) is 0 Å². The lowest BCUT2D eigenvalue weighted by atomic mass is 9.99. The fourth-order valence-electron chi connectivity index (χ4n) is 8.02. The number of hydrogen-bond acceptors (Lipinski definition) is 3. The van der Waals surface area contributed by atoms with E-state index < -0.39 is 11.6 Å². The fraction of sp³-hybridized carbons (Fsp3) is 0.0377. The third kappa shape index (κ3) is 6.64. The summed E-state index contributed by atoms with van der Waals surface area (Å²) in [6, 6.07) is 59.8. The molecule has 0 amide bonds. The molecule has 0 aliphatic carbocycles. The Bertz CT molecular complexity index is 3050. The number of aromatic nitrogens is 4. The third-order valence-electron chi connectivity index (χ3n) is 10.9. The molecule has 8 aromatic carbocycles. The molecule has 4 nitrogen and oxygen atoms in total. The molecule has 0 N–H and O–H groups in total. The summed E-state index contributed by atoms with van der Waals surface area (Å²) in [6.45, 7) is 4.22. The molecule has 10 rings (SSSR count). The number of fused-ring (bicyclic) bond motifs is 3. The number of halogens is 2. The molecule has 0 unspecified atom stereocenters. The zero-order valence-corrected chi connectivity index (χ0v) is 32.4. The molecule has 0 saturated heterocycles. The Morgan fingerprint density at radius 3 is 1.39 bits per heavy atom. The Balaban J connectivity index is 1.28. The summed E-state index contributed by atoms with van der Waals surface area (Å²) < 4.78 is 32.6. The summed E-state index contributed by atoms with van der Waals surface area (Å²) in [4.78, 5) is 15.2. The molecule has 0 fully saturated rings. The molecule has 0 aliphatic rings. The van der Waals surface area contributed by atoms with E-state index in [1.54, 1.807) is 6.07 Å². The third-order valence-corrected chi connectivity index (χ3v) is 10.9. The summed E-state index contributed by atoms with van der Waals surface area (Å²) in [6.07, 6.45) is 0. The van der Waals surface area contributed by atoms with Crippen LogP contribution in [0.15, 0.2) is 182 Å². The van der Waals surface area contributed by atoms with Gasteiger partial charge in [-0.25, -0.2) is 23.7 Å². The molecule has 6 heteroatoms. The van der Waals surface area contributed by atoms with E-state index in [4.69, 9.17) is 15.0 Å². The molecule has 0 aliphatic heterocycles.